The Hall–Kier alpha value is -3.97. The van der Waals surface area contributed by atoms with Gasteiger partial charge in [0.05, 0.1) is 5.54 Å². The molecule has 3 aromatic rings. The second-order valence-electron chi connectivity index (χ2n) is 9.95. The third-order valence-electron chi connectivity index (χ3n) is 6.25. The van der Waals surface area contributed by atoms with Crippen molar-refractivity contribution in [1.82, 2.24) is 16.0 Å². The molecule has 1 atom stereocenters. The zero-order valence-corrected chi connectivity index (χ0v) is 22.4. The van der Waals surface area contributed by atoms with Crippen LogP contribution in [0.4, 0.5) is 0 Å². The number of amides is 3. The first-order valence-corrected chi connectivity index (χ1v) is 13.1. The minimum Gasteiger partial charge on any atom is -0.352 e. The third kappa shape index (κ3) is 8.28. The average Bonchev–Trinajstić information content (AvgIpc) is 2.91. The zero-order chi connectivity index (χ0) is 27.5. The summed E-state index contributed by atoms with van der Waals surface area (Å²) >= 11 is 0. The standard InChI is InChI=1S/C31H38N4O3/c1-4-33-28(36)26-15-9-8-14-25(26)24-19-17-23(18-20-24)21-34-29(37)27(35-30(38)31(2,3)32)16-10-13-22-11-6-5-7-12-22/h5-9,11-12,14-15,17-20,27H,4,10,13,16,21,32H2,1-3H3,(H,33,36)(H,34,37)(H,35,38). The lowest BCUT2D eigenvalue weighted by molar-refractivity contribution is -0.131. The van der Waals surface area contributed by atoms with Gasteiger partial charge in [0, 0.05) is 18.7 Å². The van der Waals surface area contributed by atoms with Gasteiger partial charge in [-0.05, 0) is 68.4 Å². The minimum atomic E-state index is -1.09. The van der Waals surface area contributed by atoms with Crippen molar-refractivity contribution in [3.05, 3.63) is 95.6 Å². The summed E-state index contributed by atoms with van der Waals surface area (Å²) in [5.74, 6) is -0.728. The maximum absolute atomic E-state index is 13.1. The lowest BCUT2D eigenvalue weighted by atomic mass is 9.98. The molecule has 0 saturated heterocycles. The van der Waals surface area contributed by atoms with Crippen molar-refractivity contribution < 1.29 is 14.4 Å². The Labute approximate surface area is 225 Å². The maximum Gasteiger partial charge on any atom is 0.251 e. The van der Waals surface area contributed by atoms with E-state index in [4.69, 9.17) is 5.73 Å². The van der Waals surface area contributed by atoms with Crippen LogP contribution in [-0.4, -0.2) is 35.8 Å². The Kier molecular flexibility index (Phi) is 10.2. The highest BCUT2D eigenvalue weighted by atomic mass is 16.2. The van der Waals surface area contributed by atoms with Gasteiger partial charge in [-0.15, -0.1) is 0 Å². The fraction of sp³-hybridized carbons (Fsp3) is 0.323. The van der Waals surface area contributed by atoms with Crippen molar-refractivity contribution >= 4 is 17.7 Å². The van der Waals surface area contributed by atoms with Crippen molar-refractivity contribution in [2.24, 2.45) is 5.73 Å². The first-order valence-electron chi connectivity index (χ1n) is 13.1. The van der Waals surface area contributed by atoms with E-state index in [1.807, 2.05) is 73.7 Å². The fourth-order valence-corrected chi connectivity index (χ4v) is 4.07. The topological polar surface area (TPSA) is 113 Å². The van der Waals surface area contributed by atoms with Crippen LogP contribution >= 0.6 is 0 Å². The number of hydrogen-bond donors (Lipinski definition) is 4. The van der Waals surface area contributed by atoms with Gasteiger partial charge in [0.15, 0.2) is 0 Å². The molecule has 0 saturated carbocycles. The lowest BCUT2D eigenvalue weighted by Crippen LogP contribution is -2.55. The lowest BCUT2D eigenvalue weighted by Gasteiger charge is -2.24. The summed E-state index contributed by atoms with van der Waals surface area (Å²) in [6, 6.07) is 24.6. The molecule has 7 nitrogen and oxygen atoms in total. The van der Waals surface area contributed by atoms with Gasteiger partial charge in [0.1, 0.15) is 6.04 Å². The van der Waals surface area contributed by atoms with Crippen molar-refractivity contribution in [2.45, 2.75) is 58.2 Å². The van der Waals surface area contributed by atoms with Gasteiger partial charge in [-0.1, -0.05) is 72.8 Å². The van der Waals surface area contributed by atoms with Gasteiger partial charge in [-0.25, -0.2) is 0 Å². The van der Waals surface area contributed by atoms with Crippen molar-refractivity contribution in [2.75, 3.05) is 6.54 Å². The van der Waals surface area contributed by atoms with E-state index < -0.39 is 11.6 Å². The molecule has 5 N–H and O–H groups in total. The summed E-state index contributed by atoms with van der Waals surface area (Å²) in [7, 11) is 0. The first-order chi connectivity index (χ1) is 18.2. The van der Waals surface area contributed by atoms with Crippen LogP contribution in [0.2, 0.25) is 0 Å². The van der Waals surface area contributed by atoms with Crippen LogP contribution in [0.15, 0.2) is 78.9 Å². The van der Waals surface area contributed by atoms with Gasteiger partial charge in [-0.2, -0.15) is 0 Å². The number of benzene rings is 3. The van der Waals surface area contributed by atoms with E-state index in [9.17, 15) is 14.4 Å². The normalized spacial score (nSPS) is 11.9. The molecule has 1 unspecified atom stereocenters. The molecule has 0 aliphatic heterocycles. The van der Waals surface area contributed by atoms with Crippen molar-refractivity contribution in [3.63, 3.8) is 0 Å². The van der Waals surface area contributed by atoms with Crippen LogP contribution < -0.4 is 21.7 Å². The van der Waals surface area contributed by atoms with E-state index in [1.54, 1.807) is 13.8 Å². The molecule has 200 valence electrons. The minimum absolute atomic E-state index is 0.111. The van der Waals surface area contributed by atoms with Gasteiger partial charge < -0.3 is 21.7 Å². The van der Waals surface area contributed by atoms with Crippen LogP contribution in [0, 0.1) is 0 Å². The molecule has 0 aliphatic rings. The van der Waals surface area contributed by atoms with Crippen LogP contribution in [0.3, 0.4) is 0 Å². The SMILES string of the molecule is CCNC(=O)c1ccccc1-c1ccc(CNC(=O)C(CCCc2ccccc2)NC(=O)C(C)(C)N)cc1. The summed E-state index contributed by atoms with van der Waals surface area (Å²) < 4.78 is 0. The summed E-state index contributed by atoms with van der Waals surface area (Å²) in [6.07, 6.45) is 2.05. The smallest absolute Gasteiger partial charge is 0.251 e. The molecular formula is C31H38N4O3. The molecule has 3 rings (SSSR count). The zero-order valence-electron chi connectivity index (χ0n) is 22.4. The van der Waals surface area contributed by atoms with E-state index >= 15 is 0 Å². The maximum atomic E-state index is 13.1. The molecule has 3 amide bonds. The second-order valence-corrected chi connectivity index (χ2v) is 9.95. The molecule has 7 heteroatoms. The number of carbonyl (C=O) groups excluding carboxylic acids is 3. The average molecular weight is 515 g/mol. The van der Waals surface area contributed by atoms with Gasteiger partial charge >= 0.3 is 0 Å². The third-order valence-corrected chi connectivity index (χ3v) is 6.25. The van der Waals surface area contributed by atoms with Crippen LogP contribution in [0.5, 0.6) is 0 Å². The number of nitrogens with one attached hydrogen (secondary N) is 3. The second kappa shape index (κ2) is 13.5. The number of carbonyl (C=O) groups is 3. The first kappa shape index (κ1) is 28.6. The van der Waals surface area contributed by atoms with Gasteiger partial charge in [0.25, 0.3) is 5.91 Å². The van der Waals surface area contributed by atoms with Gasteiger partial charge in [-0.3, -0.25) is 14.4 Å². The van der Waals surface area contributed by atoms with Crippen molar-refractivity contribution in [1.29, 1.82) is 0 Å². The van der Waals surface area contributed by atoms with Crippen LogP contribution in [-0.2, 0) is 22.6 Å². The van der Waals surface area contributed by atoms with Crippen LogP contribution in [0.1, 0.15) is 55.1 Å². The van der Waals surface area contributed by atoms with Crippen LogP contribution in [0.25, 0.3) is 11.1 Å². The molecule has 0 radical (unpaired) electrons. The fourth-order valence-electron chi connectivity index (χ4n) is 4.07. The molecule has 0 bridgehead atoms. The molecule has 0 aliphatic carbocycles. The molecule has 0 aromatic heterocycles. The van der Waals surface area contributed by atoms with E-state index in [0.717, 1.165) is 29.5 Å². The Bertz CT molecular complexity index is 1220. The number of hydrogen-bond acceptors (Lipinski definition) is 4. The Morgan fingerprint density at radius 3 is 2.16 bits per heavy atom. The number of nitrogens with two attached hydrogens (primary N) is 1. The highest BCUT2D eigenvalue weighted by Gasteiger charge is 2.27. The summed E-state index contributed by atoms with van der Waals surface area (Å²) in [5, 5.41) is 8.62. The Balaban J connectivity index is 1.64. The largest absolute Gasteiger partial charge is 0.352 e. The van der Waals surface area contributed by atoms with Gasteiger partial charge in [0.2, 0.25) is 11.8 Å². The van der Waals surface area contributed by atoms with Crippen molar-refractivity contribution in [3.8, 4) is 11.1 Å². The van der Waals surface area contributed by atoms with E-state index in [1.165, 1.54) is 5.56 Å². The van der Waals surface area contributed by atoms with E-state index in [2.05, 4.69) is 28.1 Å². The molecule has 0 fully saturated rings. The monoisotopic (exact) mass is 514 g/mol. The molecule has 3 aromatic carbocycles. The predicted molar refractivity (Wildman–Crippen MR) is 151 cm³/mol. The summed E-state index contributed by atoms with van der Waals surface area (Å²) in [4.78, 5) is 38.1. The highest BCUT2D eigenvalue weighted by Crippen LogP contribution is 2.24. The van der Waals surface area contributed by atoms with E-state index in [0.29, 0.717) is 25.1 Å². The molecule has 0 heterocycles. The number of rotatable bonds is 12. The Morgan fingerprint density at radius 1 is 0.842 bits per heavy atom. The Morgan fingerprint density at radius 2 is 1.50 bits per heavy atom. The predicted octanol–water partition coefficient (Wildman–Crippen LogP) is 3.96. The quantitative estimate of drug-likeness (QED) is 0.293. The number of aryl methyl sites for hydroxylation is 1. The highest BCUT2D eigenvalue weighted by molar-refractivity contribution is 6.00. The molecule has 38 heavy (non-hydrogen) atoms. The summed E-state index contributed by atoms with van der Waals surface area (Å²) in [5.41, 5.74) is 9.34. The summed E-state index contributed by atoms with van der Waals surface area (Å²) in [6.45, 7) is 6.00. The molecular weight excluding hydrogens is 476 g/mol. The molecule has 0 spiro atoms. The van der Waals surface area contributed by atoms with E-state index in [-0.39, 0.29) is 17.7 Å².